The van der Waals surface area contributed by atoms with E-state index in [1.165, 1.54) is 11.4 Å². The lowest BCUT2D eigenvalue weighted by molar-refractivity contribution is -0.122. The van der Waals surface area contributed by atoms with E-state index in [-0.39, 0.29) is 23.9 Å². The van der Waals surface area contributed by atoms with E-state index in [2.05, 4.69) is 0 Å². The van der Waals surface area contributed by atoms with Crippen molar-refractivity contribution >= 4 is 15.9 Å². The number of nitrogens with zero attached hydrogens (tertiary/aromatic N) is 1. The second kappa shape index (κ2) is 5.65. The third kappa shape index (κ3) is 2.89. The van der Waals surface area contributed by atoms with Gasteiger partial charge in [0.25, 0.3) is 0 Å². The molecule has 2 N–H and O–H groups in total. The third-order valence-electron chi connectivity index (χ3n) is 3.88. The van der Waals surface area contributed by atoms with Gasteiger partial charge in [-0.2, -0.15) is 4.31 Å². The summed E-state index contributed by atoms with van der Waals surface area (Å²) in [5.41, 5.74) is 6.15. The Labute approximate surface area is 124 Å². The molecule has 0 spiro atoms. The van der Waals surface area contributed by atoms with Crippen molar-refractivity contribution < 1.29 is 17.9 Å². The van der Waals surface area contributed by atoms with Crippen LogP contribution in [0.5, 0.6) is 5.75 Å². The van der Waals surface area contributed by atoms with E-state index in [4.69, 9.17) is 10.5 Å². The molecule has 1 aliphatic heterocycles. The molecule has 2 atom stereocenters. The number of aryl methyl sites for hydroxylation is 1. The maximum absolute atomic E-state index is 12.8. The van der Waals surface area contributed by atoms with Gasteiger partial charge in [0.15, 0.2) is 0 Å². The number of rotatable bonds is 4. The summed E-state index contributed by atoms with van der Waals surface area (Å²) in [4.78, 5) is 11.5. The monoisotopic (exact) mass is 312 g/mol. The molecule has 1 amide bonds. The van der Waals surface area contributed by atoms with Crippen molar-refractivity contribution in [3.8, 4) is 5.75 Å². The number of ether oxygens (including phenoxy) is 1. The third-order valence-corrected chi connectivity index (χ3v) is 5.73. The highest BCUT2D eigenvalue weighted by molar-refractivity contribution is 7.89. The number of benzene rings is 1. The average Bonchev–Trinajstić information content (AvgIpc) is 2.81. The Kier molecular flexibility index (Phi) is 4.25. The molecule has 1 fully saturated rings. The molecule has 0 radical (unpaired) electrons. The zero-order chi connectivity index (χ0) is 15.8. The van der Waals surface area contributed by atoms with Gasteiger partial charge in [0.05, 0.1) is 13.0 Å². The topological polar surface area (TPSA) is 89.7 Å². The van der Waals surface area contributed by atoms with Crippen molar-refractivity contribution in [3.63, 3.8) is 0 Å². The van der Waals surface area contributed by atoms with Crippen LogP contribution in [0.2, 0.25) is 0 Å². The summed E-state index contributed by atoms with van der Waals surface area (Å²) in [5, 5.41) is 0. The van der Waals surface area contributed by atoms with Gasteiger partial charge in [-0.1, -0.05) is 13.0 Å². The molecule has 0 bridgehead atoms. The van der Waals surface area contributed by atoms with Gasteiger partial charge < -0.3 is 10.5 Å². The minimum Gasteiger partial charge on any atom is -0.495 e. The highest BCUT2D eigenvalue weighted by atomic mass is 32.2. The summed E-state index contributed by atoms with van der Waals surface area (Å²) in [5.74, 6) is -0.698. The Morgan fingerprint density at radius 3 is 2.57 bits per heavy atom. The zero-order valence-electron chi connectivity index (χ0n) is 12.4. The number of sulfonamides is 1. The van der Waals surface area contributed by atoms with Crippen molar-refractivity contribution in [1.29, 1.82) is 0 Å². The molecule has 2 rings (SSSR count). The van der Waals surface area contributed by atoms with Crippen molar-refractivity contribution in [2.75, 3.05) is 20.2 Å². The van der Waals surface area contributed by atoms with Crippen LogP contribution in [-0.4, -0.2) is 38.8 Å². The number of hydrogen-bond acceptors (Lipinski definition) is 4. The first kappa shape index (κ1) is 15.8. The Balaban J connectivity index is 2.40. The molecule has 1 heterocycles. The number of methoxy groups -OCH3 is 1. The number of hydrogen-bond donors (Lipinski definition) is 1. The van der Waals surface area contributed by atoms with Crippen LogP contribution in [0.4, 0.5) is 0 Å². The zero-order valence-corrected chi connectivity index (χ0v) is 13.2. The van der Waals surface area contributed by atoms with Crippen molar-refractivity contribution in [2.45, 2.75) is 18.7 Å². The van der Waals surface area contributed by atoms with Gasteiger partial charge >= 0.3 is 0 Å². The lowest BCUT2D eigenvalue weighted by Crippen LogP contribution is -2.32. The van der Waals surface area contributed by atoms with E-state index < -0.39 is 21.8 Å². The molecule has 116 valence electrons. The lowest BCUT2D eigenvalue weighted by Gasteiger charge is -2.18. The van der Waals surface area contributed by atoms with Crippen LogP contribution < -0.4 is 10.5 Å². The van der Waals surface area contributed by atoms with E-state index >= 15 is 0 Å². The van der Waals surface area contributed by atoms with Gasteiger partial charge in [0, 0.05) is 13.1 Å². The van der Waals surface area contributed by atoms with E-state index in [1.54, 1.807) is 18.2 Å². The van der Waals surface area contributed by atoms with Crippen molar-refractivity contribution in [1.82, 2.24) is 4.31 Å². The molecule has 1 aromatic carbocycles. The SMILES string of the molecule is COc1ccc(C)cc1S(=O)(=O)N1C[C@@H](C)[C@H](C(N)=O)C1. The molecular weight excluding hydrogens is 292 g/mol. The summed E-state index contributed by atoms with van der Waals surface area (Å²) in [6, 6.07) is 5.00. The smallest absolute Gasteiger partial charge is 0.246 e. The molecule has 6 nitrogen and oxygen atoms in total. The van der Waals surface area contributed by atoms with Gasteiger partial charge in [0.1, 0.15) is 10.6 Å². The summed E-state index contributed by atoms with van der Waals surface area (Å²) in [6.07, 6.45) is 0. The van der Waals surface area contributed by atoms with Crippen LogP contribution in [0.25, 0.3) is 0 Å². The standard InChI is InChI=1S/C14H20N2O4S/c1-9-4-5-12(20-3)13(6-9)21(18,19)16-7-10(2)11(8-16)14(15)17/h4-6,10-11H,7-8H2,1-3H3,(H2,15,17)/t10-,11-/m1/s1. The minimum atomic E-state index is -3.70. The highest BCUT2D eigenvalue weighted by Crippen LogP contribution is 2.32. The van der Waals surface area contributed by atoms with Crippen LogP contribution >= 0.6 is 0 Å². The fourth-order valence-electron chi connectivity index (χ4n) is 2.61. The maximum Gasteiger partial charge on any atom is 0.246 e. The fraction of sp³-hybridized carbons (Fsp3) is 0.500. The molecule has 7 heteroatoms. The lowest BCUT2D eigenvalue weighted by atomic mass is 9.98. The number of primary amides is 1. The van der Waals surface area contributed by atoms with E-state index in [1.807, 2.05) is 13.8 Å². The summed E-state index contributed by atoms with van der Waals surface area (Å²) >= 11 is 0. The fourth-order valence-corrected chi connectivity index (χ4v) is 4.42. The molecular formula is C14H20N2O4S. The van der Waals surface area contributed by atoms with Gasteiger partial charge in [-0.3, -0.25) is 4.79 Å². The van der Waals surface area contributed by atoms with E-state index in [9.17, 15) is 13.2 Å². The van der Waals surface area contributed by atoms with Gasteiger partial charge in [-0.15, -0.1) is 0 Å². The predicted octanol–water partition coefficient (Wildman–Crippen LogP) is 0.746. The van der Waals surface area contributed by atoms with E-state index in [0.717, 1.165) is 5.56 Å². The average molecular weight is 312 g/mol. The Morgan fingerprint density at radius 1 is 1.38 bits per heavy atom. The van der Waals surface area contributed by atoms with Gasteiger partial charge in [0.2, 0.25) is 15.9 Å². The first-order valence-electron chi connectivity index (χ1n) is 6.71. The van der Waals surface area contributed by atoms with Crippen LogP contribution in [0.15, 0.2) is 23.1 Å². The Morgan fingerprint density at radius 2 is 2.05 bits per heavy atom. The Hall–Kier alpha value is -1.60. The van der Waals surface area contributed by atoms with Gasteiger partial charge in [-0.25, -0.2) is 8.42 Å². The number of carbonyl (C=O) groups is 1. The summed E-state index contributed by atoms with van der Waals surface area (Å²) in [7, 11) is -2.27. The van der Waals surface area contributed by atoms with Crippen LogP contribution in [0.3, 0.4) is 0 Å². The molecule has 0 aliphatic carbocycles. The Bertz CT molecular complexity index is 657. The largest absolute Gasteiger partial charge is 0.495 e. The second-order valence-electron chi connectivity index (χ2n) is 5.46. The molecule has 21 heavy (non-hydrogen) atoms. The maximum atomic E-state index is 12.8. The first-order valence-corrected chi connectivity index (χ1v) is 8.15. The molecule has 1 aromatic rings. The highest BCUT2D eigenvalue weighted by Gasteiger charge is 2.40. The summed E-state index contributed by atoms with van der Waals surface area (Å²) in [6.45, 7) is 4.05. The summed E-state index contributed by atoms with van der Waals surface area (Å²) < 4.78 is 32.0. The van der Waals surface area contributed by atoms with E-state index in [0.29, 0.717) is 5.75 Å². The predicted molar refractivity (Wildman–Crippen MR) is 78.3 cm³/mol. The van der Waals surface area contributed by atoms with Crippen LogP contribution in [0.1, 0.15) is 12.5 Å². The van der Waals surface area contributed by atoms with Crippen LogP contribution in [0, 0.1) is 18.8 Å². The van der Waals surface area contributed by atoms with Crippen molar-refractivity contribution in [3.05, 3.63) is 23.8 Å². The molecule has 0 aromatic heterocycles. The number of nitrogens with two attached hydrogens (primary N) is 1. The second-order valence-corrected chi connectivity index (χ2v) is 7.37. The molecule has 0 unspecified atom stereocenters. The number of carbonyl (C=O) groups excluding carboxylic acids is 1. The first-order chi connectivity index (χ1) is 9.77. The normalized spacial score (nSPS) is 23.2. The number of amides is 1. The van der Waals surface area contributed by atoms with Crippen LogP contribution in [-0.2, 0) is 14.8 Å². The quantitative estimate of drug-likeness (QED) is 0.888. The molecule has 0 saturated carbocycles. The minimum absolute atomic E-state index is 0.0897. The van der Waals surface area contributed by atoms with Gasteiger partial charge in [-0.05, 0) is 30.5 Å². The van der Waals surface area contributed by atoms with Crippen molar-refractivity contribution in [2.24, 2.45) is 17.6 Å². The molecule has 1 aliphatic rings. The molecule has 1 saturated heterocycles.